The van der Waals surface area contributed by atoms with E-state index in [2.05, 4.69) is 26.9 Å². The van der Waals surface area contributed by atoms with Crippen LogP contribution in [0, 0.1) is 0 Å². The van der Waals surface area contributed by atoms with E-state index >= 15 is 0 Å². The Kier molecular flexibility index (Phi) is 5.16. The van der Waals surface area contributed by atoms with Crippen LogP contribution < -0.4 is 5.32 Å². The number of hydrogen-bond acceptors (Lipinski definition) is 4. The van der Waals surface area contributed by atoms with E-state index in [0.29, 0.717) is 11.1 Å². The molecule has 3 aromatic rings. The second-order valence-corrected chi connectivity index (χ2v) is 7.21. The molecule has 1 heterocycles. The molecule has 26 heavy (non-hydrogen) atoms. The van der Waals surface area contributed by atoms with E-state index in [0.717, 1.165) is 29.9 Å². The van der Waals surface area contributed by atoms with Crippen molar-refractivity contribution in [3.63, 3.8) is 0 Å². The fraction of sp³-hybridized carbons (Fsp3) is 0.350. The van der Waals surface area contributed by atoms with Crippen molar-refractivity contribution in [2.75, 3.05) is 5.32 Å². The topological polar surface area (TPSA) is 55.6 Å². The van der Waals surface area contributed by atoms with Crippen molar-refractivity contribution in [3.8, 4) is 0 Å². The van der Waals surface area contributed by atoms with Crippen LogP contribution in [0.3, 0.4) is 0 Å². The summed E-state index contributed by atoms with van der Waals surface area (Å²) in [6.45, 7) is 0. The third-order valence-corrected chi connectivity index (χ3v) is 5.20. The molecule has 6 heteroatoms. The summed E-state index contributed by atoms with van der Waals surface area (Å²) in [7, 11) is 0. The summed E-state index contributed by atoms with van der Waals surface area (Å²) >= 11 is 6.26. The Morgan fingerprint density at radius 3 is 2.58 bits per heavy atom. The fourth-order valence-electron chi connectivity index (χ4n) is 3.66. The minimum absolute atomic E-state index is 0.159. The van der Waals surface area contributed by atoms with Crippen molar-refractivity contribution in [2.24, 2.45) is 0 Å². The van der Waals surface area contributed by atoms with Gasteiger partial charge in [0.15, 0.2) is 5.82 Å². The molecule has 0 aliphatic heterocycles. The molecular formula is C20H22ClN5. The Morgan fingerprint density at radius 1 is 1.00 bits per heavy atom. The second kappa shape index (κ2) is 7.87. The predicted octanol–water partition coefficient (Wildman–Crippen LogP) is 5.03. The lowest BCUT2D eigenvalue weighted by Crippen LogP contribution is -2.23. The van der Waals surface area contributed by atoms with E-state index in [1.165, 1.54) is 19.3 Å². The molecule has 1 aliphatic carbocycles. The first-order valence-electron chi connectivity index (χ1n) is 9.16. The lowest BCUT2D eigenvalue weighted by molar-refractivity contribution is 0.315. The van der Waals surface area contributed by atoms with Crippen LogP contribution >= 0.6 is 11.6 Å². The SMILES string of the molecule is Clc1cccc([C@H](Nc2ccccc2)c2nnnn2C2CCCCC2)c1. The molecule has 0 bridgehead atoms. The van der Waals surface area contributed by atoms with Crippen LogP contribution in [0.1, 0.15) is 55.6 Å². The maximum atomic E-state index is 6.26. The monoisotopic (exact) mass is 367 g/mol. The number of anilines is 1. The van der Waals surface area contributed by atoms with Crippen LogP contribution in [0.25, 0.3) is 0 Å². The Bertz CT molecular complexity index is 842. The average Bonchev–Trinajstić information content (AvgIpc) is 3.17. The highest BCUT2D eigenvalue weighted by molar-refractivity contribution is 6.30. The molecule has 2 aromatic carbocycles. The molecule has 4 rings (SSSR count). The van der Waals surface area contributed by atoms with Gasteiger partial charge in [-0.1, -0.05) is 61.2 Å². The van der Waals surface area contributed by atoms with E-state index in [4.69, 9.17) is 11.6 Å². The van der Waals surface area contributed by atoms with Crippen LogP contribution in [-0.4, -0.2) is 20.2 Å². The van der Waals surface area contributed by atoms with E-state index in [1.54, 1.807) is 0 Å². The first-order chi connectivity index (χ1) is 12.8. The molecular weight excluding hydrogens is 346 g/mol. The van der Waals surface area contributed by atoms with Gasteiger partial charge in [-0.25, -0.2) is 4.68 Å². The standard InChI is InChI=1S/C20H22ClN5/c21-16-9-7-8-15(14-16)19(22-17-10-3-1-4-11-17)20-23-24-25-26(20)18-12-5-2-6-13-18/h1,3-4,7-11,14,18-19,22H,2,5-6,12-13H2/t19-/m0/s1. The van der Waals surface area contributed by atoms with E-state index in [-0.39, 0.29) is 6.04 Å². The van der Waals surface area contributed by atoms with Crippen LogP contribution in [0.4, 0.5) is 5.69 Å². The number of nitrogens with zero attached hydrogens (tertiary/aromatic N) is 4. The van der Waals surface area contributed by atoms with E-state index < -0.39 is 0 Å². The highest BCUT2D eigenvalue weighted by Crippen LogP contribution is 2.32. The third-order valence-electron chi connectivity index (χ3n) is 4.96. The summed E-state index contributed by atoms with van der Waals surface area (Å²) in [6.07, 6.45) is 6.03. The van der Waals surface area contributed by atoms with Gasteiger partial charge in [0.2, 0.25) is 0 Å². The van der Waals surface area contributed by atoms with Gasteiger partial charge in [-0.2, -0.15) is 0 Å². The van der Waals surface area contributed by atoms with Gasteiger partial charge in [-0.15, -0.1) is 5.10 Å². The summed E-state index contributed by atoms with van der Waals surface area (Å²) in [5, 5.41) is 17.0. The number of aromatic nitrogens is 4. The van der Waals surface area contributed by atoms with Gasteiger partial charge >= 0.3 is 0 Å². The molecule has 0 saturated heterocycles. The normalized spacial score (nSPS) is 16.3. The molecule has 1 N–H and O–H groups in total. The molecule has 0 spiro atoms. The molecule has 5 nitrogen and oxygen atoms in total. The van der Waals surface area contributed by atoms with Crippen molar-refractivity contribution in [1.82, 2.24) is 20.2 Å². The largest absolute Gasteiger partial charge is 0.371 e. The number of hydrogen-bond donors (Lipinski definition) is 1. The van der Waals surface area contributed by atoms with Gasteiger partial charge in [0.25, 0.3) is 0 Å². The van der Waals surface area contributed by atoms with Crippen molar-refractivity contribution < 1.29 is 0 Å². The van der Waals surface area contributed by atoms with Gasteiger partial charge in [0.05, 0.1) is 6.04 Å². The van der Waals surface area contributed by atoms with Gasteiger partial charge in [0.1, 0.15) is 6.04 Å². The third kappa shape index (κ3) is 3.73. The lowest BCUT2D eigenvalue weighted by atomic mass is 9.95. The van der Waals surface area contributed by atoms with Crippen LogP contribution in [0.2, 0.25) is 5.02 Å². The minimum atomic E-state index is -0.159. The number of para-hydroxylation sites is 1. The minimum Gasteiger partial charge on any atom is -0.371 e. The molecule has 1 saturated carbocycles. The summed E-state index contributed by atoms with van der Waals surface area (Å²) in [5.74, 6) is 0.836. The smallest absolute Gasteiger partial charge is 0.178 e. The van der Waals surface area contributed by atoms with Gasteiger partial charge in [-0.3, -0.25) is 0 Å². The molecule has 1 atom stereocenters. The summed E-state index contributed by atoms with van der Waals surface area (Å²) in [4.78, 5) is 0. The zero-order chi connectivity index (χ0) is 17.8. The zero-order valence-corrected chi connectivity index (χ0v) is 15.3. The summed E-state index contributed by atoms with van der Waals surface area (Å²) < 4.78 is 2.01. The summed E-state index contributed by atoms with van der Waals surface area (Å²) in [6, 6.07) is 18.2. The number of benzene rings is 2. The Balaban J connectivity index is 1.72. The molecule has 0 amide bonds. The molecule has 0 radical (unpaired) electrons. The molecule has 0 unspecified atom stereocenters. The zero-order valence-electron chi connectivity index (χ0n) is 14.6. The summed E-state index contributed by atoms with van der Waals surface area (Å²) in [5.41, 5.74) is 2.07. The Morgan fingerprint density at radius 2 is 1.81 bits per heavy atom. The predicted molar refractivity (Wildman–Crippen MR) is 103 cm³/mol. The van der Waals surface area contributed by atoms with Crippen molar-refractivity contribution in [1.29, 1.82) is 0 Å². The highest BCUT2D eigenvalue weighted by Gasteiger charge is 2.26. The molecule has 134 valence electrons. The van der Waals surface area contributed by atoms with Gasteiger partial charge < -0.3 is 5.32 Å². The molecule has 1 fully saturated rings. The average molecular weight is 368 g/mol. The van der Waals surface area contributed by atoms with Crippen molar-refractivity contribution >= 4 is 17.3 Å². The van der Waals surface area contributed by atoms with Crippen molar-refractivity contribution in [3.05, 3.63) is 71.0 Å². The van der Waals surface area contributed by atoms with Gasteiger partial charge in [-0.05, 0) is 53.1 Å². The first-order valence-corrected chi connectivity index (χ1v) is 9.54. The number of rotatable bonds is 5. The fourth-order valence-corrected chi connectivity index (χ4v) is 3.86. The van der Waals surface area contributed by atoms with Gasteiger partial charge in [0, 0.05) is 10.7 Å². The van der Waals surface area contributed by atoms with Crippen molar-refractivity contribution in [2.45, 2.75) is 44.2 Å². The lowest BCUT2D eigenvalue weighted by Gasteiger charge is -2.26. The highest BCUT2D eigenvalue weighted by atomic mass is 35.5. The Labute approximate surface area is 158 Å². The maximum Gasteiger partial charge on any atom is 0.178 e. The maximum absolute atomic E-state index is 6.26. The van der Waals surface area contributed by atoms with Crippen LogP contribution in [-0.2, 0) is 0 Å². The second-order valence-electron chi connectivity index (χ2n) is 6.77. The van der Waals surface area contributed by atoms with E-state index in [9.17, 15) is 0 Å². The molecule has 1 aromatic heterocycles. The van der Waals surface area contributed by atoms with Crippen LogP contribution in [0.5, 0.6) is 0 Å². The van der Waals surface area contributed by atoms with E-state index in [1.807, 2.05) is 53.2 Å². The Hall–Kier alpha value is -2.40. The van der Waals surface area contributed by atoms with Crippen LogP contribution in [0.15, 0.2) is 54.6 Å². The number of halogens is 1. The number of tetrazole rings is 1. The quantitative estimate of drug-likeness (QED) is 0.686. The number of nitrogens with one attached hydrogen (secondary N) is 1. The molecule has 1 aliphatic rings. The first kappa shape index (κ1) is 17.0.